The van der Waals surface area contributed by atoms with Gasteiger partial charge in [-0.15, -0.1) is 0 Å². The van der Waals surface area contributed by atoms with E-state index in [9.17, 15) is 0 Å². The summed E-state index contributed by atoms with van der Waals surface area (Å²) in [5.41, 5.74) is 1.32. The van der Waals surface area contributed by atoms with Gasteiger partial charge in [-0.05, 0) is 31.4 Å². The predicted molar refractivity (Wildman–Crippen MR) is 65.5 cm³/mol. The average Bonchev–Trinajstić information content (AvgIpc) is 2.72. The van der Waals surface area contributed by atoms with Gasteiger partial charge in [-0.1, -0.05) is 6.92 Å². The maximum absolute atomic E-state index is 4.98. The Bertz CT molecular complexity index is 286. The van der Waals surface area contributed by atoms with Crippen molar-refractivity contribution < 1.29 is 4.74 Å². The van der Waals surface area contributed by atoms with Gasteiger partial charge >= 0.3 is 0 Å². The van der Waals surface area contributed by atoms with Gasteiger partial charge in [0.15, 0.2) is 0 Å². The third kappa shape index (κ3) is 4.77. The highest BCUT2D eigenvalue weighted by atomic mass is 16.5. The van der Waals surface area contributed by atoms with Gasteiger partial charge in [-0.25, -0.2) is 0 Å². The van der Waals surface area contributed by atoms with E-state index in [0.29, 0.717) is 5.92 Å². The van der Waals surface area contributed by atoms with Crippen molar-refractivity contribution in [2.75, 3.05) is 26.8 Å². The monoisotopic (exact) mass is 225 g/mol. The fraction of sp³-hybridized carbons (Fsp3) is 0.750. The molecule has 0 saturated carbocycles. The lowest BCUT2D eigenvalue weighted by Gasteiger charge is -2.11. The minimum atomic E-state index is 0.631. The number of aromatic nitrogens is 2. The van der Waals surface area contributed by atoms with Gasteiger partial charge < -0.3 is 10.1 Å². The Morgan fingerprint density at radius 1 is 1.56 bits per heavy atom. The average molecular weight is 225 g/mol. The molecule has 0 fully saturated rings. The molecule has 0 aliphatic carbocycles. The first-order valence-corrected chi connectivity index (χ1v) is 5.97. The lowest BCUT2D eigenvalue weighted by molar-refractivity contribution is 0.198. The summed E-state index contributed by atoms with van der Waals surface area (Å²) in [6, 6.07) is 0. The smallest absolute Gasteiger partial charge is 0.0587 e. The molecular formula is C12H23N3O. The lowest BCUT2D eigenvalue weighted by Crippen LogP contribution is -2.25. The first-order chi connectivity index (χ1) is 7.76. The van der Waals surface area contributed by atoms with Crippen LogP contribution in [0.4, 0.5) is 0 Å². The Hall–Kier alpha value is -0.870. The molecule has 1 unspecified atom stereocenters. The van der Waals surface area contributed by atoms with Crippen molar-refractivity contribution in [3.8, 4) is 0 Å². The van der Waals surface area contributed by atoms with Crippen molar-refractivity contribution in [3.63, 3.8) is 0 Å². The molecule has 4 nitrogen and oxygen atoms in total. The van der Waals surface area contributed by atoms with E-state index in [1.165, 1.54) is 5.56 Å². The van der Waals surface area contributed by atoms with Gasteiger partial charge in [-0.3, -0.25) is 4.68 Å². The van der Waals surface area contributed by atoms with Crippen LogP contribution in [-0.2, 0) is 17.7 Å². The maximum Gasteiger partial charge on any atom is 0.0587 e. The topological polar surface area (TPSA) is 39.1 Å². The molecular weight excluding hydrogens is 202 g/mol. The van der Waals surface area contributed by atoms with Gasteiger partial charge in [-0.2, -0.15) is 5.10 Å². The normalized spacial score (nSPS) is 12.9. The van der Waals surface area contributed by atoms with Crippen LogP contribution in [0.25, 0.3) is 0 Å². The van der Waals surface area contributed by atoms with Crippen LogP contribution >= 0.6 is 0 Å². The molecule has 1 aromatic heterocycles. The molecule has 0 amide bonds. The van der Waals surface area contributed by atoms with Crippen molar-refractivity contribution in [2.24, 2.45) is 5.92 Å². The van der Waals surface area contributed by atoms with Gasteiger partial charge in [0.25, 0.3) is 0 Å². The number of rotatable bonds is 8. The second-order valence-corrected chi connectivity index (χ2v) is 4.21. The number of nitrogens with zero attached hydrogens (tertiary/aromatic N) is 2. The second kappa shape index (κ2) is 7.41. The number of aryl methyl sites for hydroxylation is 1. The summed E-state index contributed by atoms with van der Waals surface area (Å²) in [6.07, 6.45) is 5.18. The van der Waals surface area contributed by atoms with E-state index in [4.69, 9.17) is 4.74 Å². The molecule has 0 radical (unpaired) electrons. The highest BCUT2D eigenvalue weighted by Crippen LogP contribution is 2.06. The highest BCUT2D eigenvalue weighted by molar-refractivity contribution is 5.04. The van der Waals surface area contributed by atoms with E-state index in [1.807, 2.05) is 10.9 Å². The molecule has 1 N–H and O–H groups in total. The molecule has 0 bridgehead atoms. The second-order valence-electron chi connectivity index (χ2n) is 4.21. The number of nitrogens with one attached hydrogen (secondary N) is 1. The van der Waals surface area contributed by atoms with Crippen LogP contribution in [0, 0.1) is 5.92 Å². The fourth-order valence-electron chi connectivity index (χ4n) is 1.68. The molecule has 0 saturated heterocycles. The van der Waals surface area contributed by atoms with Gasteiger partial charge in [0.2, 0.25) is 0 Å². The van der Waals surface area contributed by atoms with E-state index in [0.717, 1.165) is 32.7 Å². The first kappa shape index (κ1) is 13.2. The standard InChI is InChI=1S/C12H23N3O/c1-4-15-10-12(9-14-15)7-11(2)8-13-5-6-16-3/h9-11,13H,4-8H2,1-3H3. The van der Waals surface area contributed by atoms with E-state index in [2.05, 4.69) is 30.5 Å². The van der Waals surface area contributed by atoms with Crippen molar-refractivity contribution >= 4 is 0 Å². The van der Waals surface area contributed by atoms with E-state index >= 15 is 0 Å². The molecule has 0 aliphatic rings. The van der Waals surface area contributed by atoms with Gasteiger partial charge in [0.05, 0.1) is 12.8 Å². The summed E-state index contributed by atoms with van der Waals surface area (Å²) in [5, 5.41) is 7.65. The number of hydrogen-bond acceptors (Lipinski definition) is 3. The fourth-order valence-corrected chi connectivity index (χ4v) is 1.68. The quantitative estimate of drug-likeness (QED) is 0.678. The zero-order valence-corrected chi connectivity index (χ0v) is 10.6. The molecule has 16 heavy (non-hydrogen) atoms. The van der Waals surface area contributed by atoms with Crippen LogP contribution < -0.4 is 5.32 Å². The van der Waals surface area contributed by atoms with Gasteiger partial charge in [0.1, 0.15) is 0 Å². The molecule has 4 heteroatoms. The zero-order valence-electron chi connectivity index (χ0n) is 10.6. The third-order valence-corrected chi connectivity index (χ3v) is 2.57. The number of ether oxygens (including phenoxy) is 1. The van der Waals surface area contributed by atoms with Crippen LogP contribution in [-0.4, -0.2) is 36.6 Å². The highest BCUT2D eigenvalue weighted by Gasteiger charge is 2.05. The molecule has 1 aromatic rings. The molecule has 92 valence electrons. The van der Waals surface area contributed by atoms with Crippen molar-refractivity contribution in [1.29, 1.82) is 0 Å². The Morgan fingerprint density at radius 2 is 2.38 bits per heavy atom. The van der Waals surface area contributed by atoms with Crippen LogP contribution in [0.1, 0.15) is 19.4 Å². The van der Waals surface area contributed by atoms with E-state index in [-0.39, 0.29) is 0 Å². The van der Waals surface area contributed by atoms with Crippen molar-refractivity contribution in [2.45, 2.75) is 26.8 Å². The van der Waals surface area contributed by atoms with E-state index in [1.54, 1.807) is 7.11 Å². The molecule has 0 aliphatic heterocycles. The Kier molecular flexibility index (Phi) is 6.11. The number of methoxy groups -OCH3 is 1. The predicted octanol–water partition coefficient (Wildman–Crippen LogP) is 1.32. The lowest BCUT2D eigenvalue weighted by atomic mass is 10.0. The summed E-state index contributed by atoms with van der Waals surface area (Å²) in [5.74, 6) is 0.631. The molecule has 0 spiro atoms. The van der Waals surface area contributed by atoms with E-state index < -0.39 is 0 Å². The minimum Gasteiger partial charge on any atom is -0.383 e. The van der Waals surface area contributed by atoms with Crippen LogP contribution in [0.15, 0.2) is 12.4 Å². The molecule has 0 aromatic carbocycles. The van der Waals surface area contributed by atoms with Crippen molar-refractivity contribution in [1.82, 2.24) is 15.1 Å². The Labute approximate surface area is 98.0 Å². The van der Waals surface area contributed by atoms with Crippen LogP contribution in [0.3, 0.4) is 0 Å². The summed E-state index contributed by atoms with van der Waals surface area (Å²) < 4.78 is 6.96. The Balaban J connectivity index is 2.20. The third-order valence-electron chi connectivity index (χ3n) is 2.57. The molecule has 1 rings (SSSR count). The van der Waals surface area contributed by atoms with Crippen LogP contribution in [0.2, 0.25) is 0 Å². The van der Waals surface area contributed by atoms with Crippen molar-refractivity contribution in [3.05, 3.63) is 18.0 Å². The SMILES string of the molecule is CCn1cc(CC(C)CNCCOC)cn1. The summed E-state index contributed by atoms with van der Waals surface area (Å²) in [6.45, 7) is 8.03. The summed E-state index contributed by atoms with van der Waals surface area (Å²) in [4.78, 5) is 0. The largest absolute Gasteiger partial charge is 0.383 e. The maximum atomic E-state index is 4.98. The first-order valence-electron chi connectivity index (χ1n) is 5.97. The summed E-state index contributed by atoms with van der Waals surface area (Å²) >= 11 is 0. The molecule has 1 atom stereocenters. The minimum absolute atomic E-state index is 0.631. The summed E-state index contributed by atoms with van der Waals surface area (Å²) in [7, 11) is 1.73. The number of hydrogen-bond donors (Lipinski definition) is 1. The van der Waals surface area contributed by atoms with Crippen LogP contribution in [0.5, 0.6) is 0 Å². The van der Waals surface area contributed by atoms with Gasteiger partial charge in [0, 0.05) is 26.4 Å². The zero-order chi connectivity index (χ0) is 11.8. The Morgan fingerprint density at radius 3 is 3.00 bits per heavy atom. The molecule has 1 heterocycles.